The lowest BCUT2D eigenvalue weighted by atomic mass is 9.89. The lowest BCUT2D eigenvalue weighted by Crippen LogP contribution is -2.18. The van der Waals surface area contributed by atoms with Gasteiger partial charge < -0.3 is 19.9 Å². The molecule has 0 aromatic heterocycles. The Kier molecular flexibility index (Phi) is 1.36. The fraction of sp³-hybridized carbons (Fsp3) is 0. The van der Waals surface area contributed by atoms with Crippen molar-refractivity contribution >= 4 is 7.12 Å². The summed E-state index contributed by atoms with van der Waals surface area (Å²) in [4.78, 5) is 0. The van der Waals surface area contributed by atoms with Gasteiger partial charge in [-0.1, -0.05) is 0 Å². The fourth-order valence-electron chi connectivity index (χ4n) is 0.459. The Balaban J connectivity index is 2.75. The van der Waals surface area contributed by atoms with Crippen LogP contribution in [0.25, 0.3) is 0 Å². The molecule has 0 saturated carbocycles. The highest BCUT2D eigenvalue weighted by Gasteiger charge is 2.18. The third-order valence-corrected chi connectivity index (χ3v) is 0.870. The summed E-state index contributed by atoms with van der Waals surface area (Å²) < 4.78 is 4.25. The van der Waals surface area contributed by atoms with Gasteiger partial charge in [0.1, 0.15) is 0 Å². The molecule has 48 valence electrons. The van der Waals surface area contributed by atoms with Crippen molar-refractivity contribution in [3.05, 3.63) is 23.8 Å². The lowest BCUT2D eigenvalue weighted by molar-refractivity contribution is 0.158. The largest absolute Gasteiger partial charge is 0.554 e. The van der Waals surface area contributed by atoms with Gasteiger partial charge in [-0.15, -0.1) is 0 Å². The molecular weight excluding hydrogens is 123 g/mol. The van der Waals surface area contributed by atoms with Crippen molar-refractivity contribution in [1.82, 2.24) is 0 Å². The molecule has 1 rings (SSSR count). The van der Waals surface area contributed by atoms with Crippen molar-refractivity contribution in [2.75, 3.05) is 0 Å². The second-order valence-electron chi connectivity index (χ2n) is 1.56. The van der Waals surface area contributed by atoms with Crippen LogP contribution in [0.4, 0.5) is 0 Å². The Labute approximate surface area is 51.8 Å². The van der Waals surface area contributed by atoms with Gasteiger partial charge in [0.05, 0.1) is 0 Å². The van der Waals surface area contributed by atoms with Gasteiger partial charge in [-0.2, -0.15) is 0 Å². The van der Waals surface area contributed by atoms with E-state index in [0.717, 1.165) is 6.08 Å². The van der Waals surface area contributed by atoms with E-state index in [9.17, 15) is 0 Å². The summed E-state index contributed by atoms with van der Waals surface area (Å²) >= 11 is 0. The van der Waals surface area contributed by atoms with Gasteiger partial charge in [0.15, 0.2) is 5.76 Å². The van der Waals surface area contributed by atoms with Gasteiger partial charge in [0, 0.05) is 0 Å². The molecule has 0 aromatic carbocycles. The summed E-state index contributed by atoms with van der Waals surface area (Å²) in [5, 5.41) is 25.7. The van der Waals surface area contributed by atoms with Crippen LogP contribution < -0.4 is 0 Å². The maximum Gasteiger partial charge on any atom is 0.554 e. The number of aliphatic hydroxyl groups is 2. The topological polar surface area (TPSA) is 69.9 Å². The van der Waals surface area contributed by atoms with Gasteiger partial charge in [-0.3, -0.25) is 0 Å². The summed E-state index contributed by atoms with van der Waals surface area (Å²) in [5.74, 6) is 0.181. The van der Waals surface area contributed by atoms with Crippen molar-refractivity contribution < 1.29 is 19.9 Å². The normalized spacial score (nSPS) is 18.1. The van der Waals surface area contributed by atoms with E-state index in [1.807, 2.05) is 0 Å². The van der Waals surface area contributed by atoms with Gasteiger partial charge in [0.25, 0.3) is 0 Å². The molecule has 0 radical (unpaired) electrons. The third-order valence-electron chi connectivity index (χ3n) is 0.870. The quantitative estimate of drug-likeness (QED) is 0.397. The highest BCUT2D eigenvalue weighted by molar-refractivity contribution is 6.49. The average molecular weight is 128 g/mol. The molecule has 3 N–H and O–H groups in total. The minimum absolute atomic E-state index is 0.375. The summed E-state index contributed by atoms with van der Waals surface area (Å²) in [6, 6.07) is 0. The molecule has 5 heteroatoms. The first-order valence-corrected chi connectivity index (χ1v) is 2.35. The first-order chi connectivity index (χ1) is 4.20. The summed E-state index contributed by atoms with van der Waals surface area (Å²) in [5.41, 5.74) is 0. The fourth-order valence-corrected chi connectivity index (χ4v) is 0.459. The monoisotopic (exact) mass is 128 g/mol. The minimum atomic E-state index is -1.15. The lowest BCUT2D eigenvalue weighted by Gasteiger charge is -2.09. The molecule has 0 fully saturated rings. The van der Waals surface area contributed by atoms with Crippen LogP contribution in [0, 0.1) is 0 Å². The molecule has 1 aliphatic rings. The number of hydrogen-bond acceptors (Lipinski definition) is 4. The van der Waals surface area contributed by atoms with Crippen molar-refractivity contribution in [3.8, 4) is 0 Å². The van der Waals surface area contributed by atoms with E-state index >= 15 is 0 Å². The summed E-state index contributed by atoms with van der Waals surface area (Å²) in [6.07, 6.45) is 1.16. The average Bonchev–Trinajstić information content (AvgIpc) is 1.80. The van der Waals surface area contributed by atoms with Crippen LogP contribution in [0.3, 0.4) is 0 Å². The van der Waals surface area contributed by atoms with E-state index in [2.05, 4.69) is 4.65 Å². The first-order valence-electron chi connectivity index (χ1n) is 2.35. The number of aliphatic hydroxyl groups excluding tert-OH is 2. The van der Waals surface area contributed by atoms with E-state index in [-0.39, 0.29) is 5.76 Å². The Morgan fingerprint density at radius 2 is 2.11 bits per heavy atom. The Morgan fingerprint density at radius 1 is 1.44 bits per heavy atom. The zero-order chi connectivity index (χ0) is 6.85. The maximum atomic E-state index is 8.60. The molecular formula is C4H5BO4. The summed E-state index contributed by atoms with van der Waals surface area (Å²) in [6.45, 7) is 0. The summed E-state index contributed by atoms with van der Waals surface area (Å²) in [7, 11) is -1.15. The van der Waals surface area contributed by atoms with Crippen LogP contribution in [0.2, 0.25) is 0 Å². The van der Waals surface area contributed by atoms with E-state index in [1.165, 1.54) is 5.98 Å². The Morgan fingerprint density at radius 3 is 2.56 bits per heavy atom. The molecule has 4 nitrogen and oxygen atoms in total. The van der Waals surface area contributed by atoms with Gasteiger partial charge in [-0.05, 0) is 12.1 Å². The van der Waals surface area contributed by atoms with E-state index < -0.39 is 13.1 Å². The van der Waals surface area contributed by atoms with Crippen molar-refractivity contribution in [2.45, 2.75) is 0 Å². The standard InChI is InChI=1S/C4H5BO4/c6-3-1-2-5(8)9-4(3)7/h1-2,6-8H. The van der Waals surface area contributed by atoms with E-state index in [1.54, 1.807) is 0 Å². The Hall–Kier alpha value is -1.10. The molecule has 0 bridgehead atoms. The molecule has 0 aliphatic carbocycles. The maximum absolute atomic E-state index is 8.60. The van der Waals surface area contributed by atoms with Crippen LogP contribution >= 0.6 is 0 Å². The first kappa shape index (κ1) is 6.03. The predicted octanol–water partition coefficient (Wildman–Crippen LogP) is -0.122. The highest BCUT2D eigenvalue weighted by atomic mass is 16.6. The highest BCUT2D eigenvalue weighted by Crippen LogP contribution is 2.08. The van der Waals surface area contributed by atoms with Crippen LogP contribution in [-0.2, 0) is 4.65 Å². The molecule has 0 spiro atoms. The molecule has 1 heterocycles. The van der Waals surface area contributed by atoms with Crippen molar-refractivity contribution in [3.63, 3.8) is 0 Å². The molecule has 1 aliphatic heterocycles. The van der Waals surface area contributed by atoms with Gasteiger partial charge in [-0.25, -0.2) is 0 Å². The molecule has 0 saturated heterocycles. The molecule has 0 unspecified atom stereocenters. The Bertz CT molecular complexity index is 173. The van der Waals surface area contributed by atoms with Crippen LogP contribution in [0.5, 0.6) is 0 Å². The van der Waals surface area contributed by atoms with Crippen LogP contribution in [-0.4, -0.2) is 22.4 Å². The molecule has 0 atom stereocenters. The molecule has 0 aromatic rings. The van der Waals surface area contributed by atoms with Crippen LogP contribution in [0.15, 0.2) is 23.8 Å². The predicted molar refractivity (Wildman–Crippen MR) is 30.5 cm³/mol. The van der Waals surface area contributed by atoms with Crippen LogP contribution in [0.1, 0.15) is 0 Å². The van der Waals surface area contributed by atoms with Gasteiger partial charge >= 0.3 is 13.1 Å². The second kappa shape index (κ2) is 2.02. The molecule has 9 heavy (non-hydrogen) atoms. The van der Waals surface area contributed by atoms with Gasteiger partial charge in [0.2, 0.25) is 0 Å². The van der Waals surface area contributed by atoms with Crippen molar-refractivity contribution in [2.24, 2.45) is 0 Å². The SMILES string of the molecule is OB1C=CC(O)=C(O)O1. The number of rotatable bonds is 0. The smallest absolute Gasteiger partial charge is 0.503 e. The number of hydrogen-bond donors (Lipinski definition) is 3. The van der Waals surface area contributed by atoms with E-state index in [4.69, 9.17) is 15.2 Å². The zero-order valence-corrected chi connectivity index (χ0v) is 4.48. The number of allylic oxidation sites excluding steroid dienone is 1. The van der Waals surface area contributed by atoms with E-state index in [0.29, 0.717) is 0 Å². The van der Waals surface area contributed by atoms with Crippen molar-refractivity contribution in [1.29, 1.82) is 0 Å². The third kappa shape index (κ3) is 1.17. The molecule has 0 amide bonds. The second-order valence-corrected chi connectivity index (χ2v) is 1.56. The zero-order valence-electron chi connectivity index (χ0n) is 4.48. The minimum Gasteiger partial charge on any atom is -0.503 e.